The summed E-state index contributed by atoms with van der Waals surface area (Å²) >= 11 is 0. The van der Waals surface area contributed by atoms with Crippen molar-refractivity contribution in [3.8, 4) is 0 Å². The number of aliphatic hydroxyl groups is 1. The molecule has 176 valence electrons. The van der Waals surface area contributed by atoms with Gasteiger partial charge in [0.05, 0.1) is 25.4 Å². The molecule has 2 atom stereocenters. The first-order valence-electron chi connectivity index (χ1n) is 11.3. The van der Waals surface area contributed by atoms with Crippen LogP contribution in [0.3, 0.4) is 0 Å². The molecular weight excluding hydrogens is 515 g/mol. The highest BCUT2D eigenvalue weighted by Crippen LogP contribution is 2.19. The molecule has 0 radical (unpaired) electrons. The normalized spacial score (nSPS) is 16.7. The van der Waals surface area contributed by atoms with Gasteiger partial charge in [0, 0.05) is 31.4 Å². The monoisotopic (exact) mass is 552 g/mol. The van der Waals surface area contributed by atoms with E-state index in [1.807, 2.05) is 37.3 Å². The molecule has 3 N–H and O–H groups in total. The third-order valence-electron chi connectivity index (χ3n) is 5.57. The van der Waals surface area contributed by atoms with Crippen LogP contribution in [0.25, 0.3) is 0 Å². The highest BCUT2D eigenvalue weighted by Gasteiger charge is 2.20. The fraction of sp³-hybridized carbons (Fsp3) is 0.480. The molecule has 0 bridgehead atoms. The van der Waals surface area contributed by atoms with Crippen molar-refractivity contribution < 1.29 is 9.84 Å². The highest BCUT2D eigenvalue weighted by atomic mass is 127. The van der Waals surface area contributed by atoms with Crippen molar-refractivity contribution >= 4 is 35.6 Å². The van der Waals surface area contributed by atoms with E-state index in [9.17, 15) is 5.11 Å². The average Bonchev–Trinajstić information content (AvgIpc) is 2.82. The lowest BCUT2D eigenvalue weighted by Gasteiger charge is -2.34. The largest absolute Gasteiger partial charge is 0.389 e. The predicted octanol–water partition coefficient (Wildman–Crippen LogP) is 3.97. The van der Waals surface area contributed by atoms with Crippen LogP contribution >= 0.6 is 24.0 Å². The second-order valence-electron chi connectivity index (χ2n) is 8.00. The molecule has 32 heavy (non-hydrogen) atoms. The number of aliphatic hydroxyl groups excluding tert-OH is 1. The van der Waals surface area contributed by atoms with Gasteiger partial charge >= 0.3 is 0 Å². The van der Waals surface area contributed by atoms with Crippen LogP contribution in [0.4, 0.5) is 5.69 Å². The smallest absolute Gasteiger partial charge is 0.191 e. The number of ether oxygens (including phenoxy) is 1. The van der Waals surface area contributed by atoms with Gasteiger partial charge < -0.3 is 25.4 Å². The Hall–Kier alpha value is -1.84. The molecule has 6 nitrogen and oxygen atoms in total. The number of aliphatic imine (C=N–C) groups is 1. The van der Waals surface area contributed by atoms with Crippen molar-refractivity contribution in [2.75, 3.05) is 37.7 Å². The number of benzene rings is 2. The number of piperidine rings is 1. The van der Waals surface area contributed by atoms with Gasteiger partial charge in [-0.1, -0.05) is 48.5 Å². The van der Waals surface area contributed by atoms with Gasteiger partial charge in [-0.25, -0.2) is 0 Å². The van der Waals surface area contributed by atoms with Crippen LogP contribution < -0.4 is 15.5 Å². The molecule has 0 saturated carbocycles. The van der Waals surface area contributed by atoms with Crippen molar-refractivity contribution in [2.24, 2.45) is 4.99 Å². The van der Waals surface area contributed by atoms with Gasteiger partial charge in [-0.05, 0) is 44.4 Å². The minimum absolute atomic E-state index is 0. The molecule has 2 aromatic carbocycles. The van der Waals surface area contributed by atoms with E-state index in [-0.39, 0.29) is 36.7 Å². The number of rotatable bonds is 9. The van der Waals surface area contributed by atoms with Gasteiger partial charge in [0.2, 0.25) is 0 Å². The fourth-order valence-corrected chi connectivity index (χ4v) is 3.76. The molecule has 2 unspecified atom stereocenters. The second kappa shape index (κ2) is 14.3. The lowest BCUT2D eigenvalue weighted by atomic mass is 10.0. The van der Waals surface area contributed by atoms with Gasteiger partial charge in [-0.15, -0.1) is 24.0 Å². The second-order valence-corrected chi connectivity index (χ2v) is 8.00. The third kappa shape index (κ3) is 8.60. The van der Waals surface area contributed by atoms with Gasteiger partial charge in [0.1, 0.15) is 0 Å². The Bertz CT molecular complexity index is 783. The van der Waals surface area contributed by atoms with E-state index in [1.54, 1.807) is 0 Å². The van der Waals surface area contributed by atoms with Crippen LogP contribution in [0.15, 0.2) is 65.7 Å². The SMILES string of the molecule is CCNC(=NCC(O)COC(C)c1ccccc1)NC1CCN(c2ccccc2)CC1.I. The Labute approximate surface area is 209 Å². The van der Waals surface area contributed by atoms with Crippen LogP contribution in [-0.4, -0.2) is 56.0 Å². The number of nitrogens with zero attached hydrogens (tertiary/aromatic N) is 2. The first kappa shape index (κ1) is 26.4. The summed E-state index contributed by atoms with van der Waals surface area (Å²) in [4.78, 5) is 7.01. The van der Waals surface area contributed by atoms with Crippen LogP contribution in [0, 0.1) is 0 Å². The molecule has 1 aliphatic rings. The van der Waals surface area contributed by atoms with Crippen LogP contribution in [0.1, 0.15) is 38.4 Å². The highest BCUT2D eigenvalue weighted by molar-refractivity contribution is 14.0. The van der Waals surface area contributed by atoms with Crippen LogP contribution in [0.5, 0.6) is 0 Å². The minimum Gasteiger partial charge on any atom is -0.389 e. The summed E-state index contributed by atoms with van der Waals surface area (Å²) in [6.45, 7) is 7.44. The Kier molecular flexibility index (Phi) is 11.8. The van der Waals surface area contributed by atoms with E-state index < -0.39 is 6.10 Å². The third-order valence-corrected chi connectivity index (χ3v) is 5.57. The maximum atomic E-state index is 10.3. The van der Waals surface area contributed by atoms with Gasteiger partial charge in [-0.2, -0.15) is 0 Å². The average molecular weight is 553 g/mol. The molecule has 1 fully saturated rings. The Morgan fingerprint density at radius 1 is 1.09 bits per heavy atom. The van der Waals surface area contributed by atoms with Crippen molar-refractivity contribution in [3.05, 3.63) is 66.2 Å². The number of nitrogens with one attached hydrogen (secondary N) is 2. The summed E-state index contributed by atoms with van der Waals surface area (Å²) in [7, 11) is 0. The summed E-state index contributed by atoms with van der Waals surface area (Å²) in [6.07, 6.45) is 1.42. The van der Waals surface area contributed by atoms with Gasteiger partial charge in [0.25, 0.3) is 0 Å². The number of hydrogen-bond acceptors (Lipinski definition) is 4. The number of hydrogen-bond donors (Lipinski definition) is 3. The van der Waals surface area contributed by atoms with Crippen LogP contribution in [-0.2, 0) is 4.74 Å². The Balaban J connectivity index is 0.00000363. The summed E-state index contributed by atoms with van der Waals surface area (Å²) in [6, 6.07) is 21.0. The zero-order valence-electron chi connectivity index (χ0n) is 19.1. The van der Waals surface area contributed by atoms with E-state index in [1.165, 1.54) is 5.69 Å². The molecular formula is C25H37IN4O2. The van der Waals surface area contributed by atoms with Crippen molar-refractivity contribution in [2.45, 2.75) is 44.9 Å². The van der Waals surface area contributed by atoms with Crippen molar-refractivity contribution in [3.63, 3.8) is 0 Å². The first-order chi connectivity index (χ1) is 15.2. The van der Waals surface area contributed by atoms with Crippen molar-refractivity contribution in [1.29, 1.82) is 0 Å². The molecule has 1 aliphatic heterocycles. The summed E-state index contributed by atoms with van der Waals surface area (Å²) in [5.41, 5.74) is 2.39. The minimum atomic E-state index is -0.637. The molecule has 3 rings (SSSR count). The van der Waals surface area contributed by atoms with E-state index >= 15 is 0 Å². The number of halogens is 1. The van der Waals surface area contributed by atoms with Gasteiger partial charge in [0.15, 0.2) is 5.96 Å². The van der Waals surface area contributed by atoms with Gasteiger partial charge in [-0.3, -0.25) is 4.99 Å². The van der Waals surface area contributed by atoms with E-state index in [2.05, 4.69) is 57.8 Å². The van der Waals surface area contributed by atoms with Crippen LogP contribution in [0.2, 0.25) is 0 Å². The topological polar surface area (TPSA) is 69.1 Å². The lowest BCUT2D eigenvalue weighted by Crippen LogP contribution is -2.49. The van der Waals surface area contributed by atoms with E-state index in [0.29, 0.717) is 12.6 Å². The zero-order chi connectivity index (χ0) is 21.9. The predicted molar refractivity (Wildman–Crippen MR) is 143 cm³/mol. The lowest BCUT2D eigenvalue weighted by molar-refractivity contribution is 0.00111. The molecule has 2 aromatic rings. The quantitative estimate of drug-likeness (QED) is 0.250. The molecule has 0 aromatic heterocycles. The summed E-state index contributed by atoms with van der Waals surface area (Å²) in [5.74, 6) is 0.760. The standard InChI is InChI=1S/C25H36N4O2.HI/c1-3-26-25(27-18-24(30)19-31-20(2)21-10-6-4-7-11-21)28-22-14-16-29(17-15-22)23-12-8-5-9-13-23;/h4-13,20,22,24,30H,3,14-19H2,1-2H3,(H2,26,27,28);1H. The fourth-order valence-electron chi connectivity index (χ4n) is 3.76. The molecule has 0 aliphatic carbocycles. The number of para-hydroxylation sites is 1. The molecule has 7 heteroatoms. The molecule has 0 spiro atoms. The number of guanidine groups is 1. The maximum absolute atomic E-state index is 10.3. The zero-order valence-corrected chi connectivity index (χ0v) is 21.4. The van der Waals surface area contributed by atoms with Crippen molar-refractivity contribution in [1.82, 2.24) is 10.6 Å². The molecule has 1 heterocycles. The summed E-state index contributed by atoms with van der Waals surface area (Å²) in [5, 5.41) is 17.2. The molecule has 0 amide bonds. The summed E-state index contributed by atoms with van der Waals surface area (Å²) < 4.78 is 5.82. The number of anilines is 1. The maximum Gasteiger partial charge on any atom is 0.191 e. The van der Waals surface area contributed by atoms with E-state index in [4.69, 9.17) is 4.74 Å². The molecule has 1 saturated heterocycles. The Morgan fingerprint density at radius 3 is 2.34 bits per heavy atom. The first-order valence-corrected chi connectivity index (χ1v) is 11.3. The Morgan fingerprint density at radius 2 is 1.72 bits per heavy atom. The van der Waals surface area contributed by atoms with E-state index in [0.717, 1.165) is 44.0 Å².